The van der Waals surface area contributed by atoms with Crippen molar-refractivity contribution in [1.82, 2.24) is 5.32 Å². The molecule has 0 bridgehead atoms. The molecule has 1 amide bonds. The second-order valence-electron chi connectivity index (χ2n) is 11.7. The van der Waals surface area contributed by atoms with E-state index in [-0.39, 0.29) is 54.6 Å². The highest BCUT2D eigenvalue weighted by atomic mass is 16.5. The van der Waals surface area contributed by atoms with Gasteiger partial charge in [-0.15, -0.1) is 0 Å². The number of carbonyl (C=O) groups excluding carboxylic acids is 4. The lowest BCUT2D eigenvalue weighted by Gasteiger charge is -2.60. The summed E-state index contributed by atoms with van der Waals surface area (Å²) in [7, 11) is 0. The molecule has 4 N–H and O–H groups in total. The maximum Gasteiger partial charge on any atom is 0.322 e. The minimum absolute atomic E-state index is 0.0134. The van der Waals surface area contributed by atoms with Crippen molar-refractivity contribution >= 4 is 29.4 Å². The molecule has 4 aliphatic carbocycles. The maximum absolute atomic E-state index is 13.2. The Kier molecular flexibility index (Phi) is 7.38. The molecule has 3 fully saturated rings. The van der Waals surface area contributed by atoms with Crippen LogP contribution in [0.2, 0.25) is 0 Å². The van der Waals surface area contributed by atoms with Gasteiger partial charge in [0.1, 0.15) is 12.1 Å². The molecule has 4 rings (SSSR count). The van der Waals surface area contributed by atoms with Gasteiger partial charge in [-0.05, 0) is 67.8 Å². The van der Waals surface area contributed by atoms with Crippen LogP contribution in [0.3, 0.4) is 0 Å². The molecule has 0 radical (unpaired) electrons. The number of esters is 1. The van der Waals surface area contributed by atoms with E-state index < -0.39 is 53.9 Å². The zero-order valence-electron chi connectivity index (χ0n) is 21.5. The Labute approximate surface area is 215 Å². The van der Waals surface area contributed by atoms with Gasteiger partial charge in [-0.2, -0.15) is 0 Å². The Bertz CT molecular complexity index is 1040. The highest BCUT2D eigenvalue weighted by Crippen LogP contribution is 2.67. The average Bonchev–Trinajstić information content (AvgIpc) is 3.11. The van der Waals surface area contributed by atoms with E-state index in [9.17, 15) is 34.2 Å². The molecule has 0 aromatic heterocycles. The molecule has 7 atom stereocenters. The fourth-order valence-corrected chi connectivity index (χ4v) is 7.97. The first-order valence-corrected chi connectivity index (χ1v) is 13.1. The summed E-state index contributed by atoms with van der Waals surface area (Å²) < 4.78 is 5.07. The standard InChI is InChI=1S/C27H37NO9/c1-25-9-7-16(29)11-15(25)3-4-17-18-8-10-27(36,26(18,2)12-19(30)24(17)25)20(31)14-37-23(35)6-5-21(32)28-13-22(33)34/h11,17-19,24,30,36H,3-10,12-14H2,1-2H3,(H,28,32)(H,33,34)/t17-,18-,19+,24+,25+,26-,27-/m1/s1. The zero-order valence-corrected chi connectivity index (χ0v) is 21.5. The molecule has 0 heterocycles. The van der Waals surface area contributed by atoms with Gasteiger partial charge in [0, 0.05) is 18.3 Å². The number of hydrogen-bond donors (Lipinski definition) is 4. The van der Waals surface area contributed by atoms with Crippen molar-refractivity contribution < 1.29 is 44.0 Å². The van der Waals surface area contributed by atoms with Crippen LogP contribution in [0.25, 0.3) is 0 Å². The zero-order chi connectivity index (χ0) is 27.2. The Balaban J connectivity index is 1.41. The van der Waals surface area contributed by atoms with E-state index in [0.29, 0.717) is 19.3 Å². The van der Waals surface area contributed by atoms with Crippen molar-refractivity contribution in [3.63, 3.8) is 0 Å². The number of nitrogens with one attached hydrogen (secondary N) is 1. The summed E-state index contributed by atoms with van der Waals surface area (Å²) in [5, 5.41) is 33.8. The van der Waals surface area contributed by atoms with Crippen LogP contribution in [0, 0.1) is 28.6 Å². The monoisotopic (exact) mass is 519 g/mol. The summed E-state index contributed by atoms with van der Waals surface area (Å²) in [6.45, 7) is 2.81. The molecule has 4 aliphatic rings. The van der Waals surface area contributed by atoms with E-state index in [4.69, 9.17) is 9.84 Å². The number of allylic oxidation sites excluding steroid dienone is 1. The number of amides is 1. The van der Waals surface area contributed by atoms with Crippen LogP contribution in [-0.4, -0.2) is 69.6 Å². The fourth-order valence-electron chi connectivity index (χ4n) is 7.97. The average molecular weight is 520 g/mol. The predicted molar refractivity (Wildman–Crippen MR) is 129 cm³/mol. The van der Waals surface area contributed by atoms with Crippen molar-refractivity contribution in [2.45, 2.75) is 83.3 Å². The van der Waals surface area contributed by atoms with Crippen molar-refractivity contribution in [2.24, 2.45) is 28.6 Å². The molecular weight excluding hydrogens is 482 g/mol. The molecule has 0 aromatic rings. The second kappa shape index (κ2) is 9.94. The van der Waals surface area contributed by atoms with Crippen LogP contribution in [0.5, 0.6) is 0 Å². The van der Waals surface area contributed by atoms with E-state index >= 15 is 0 Å². The number of aliphatic hydroxyl groups is 2. The van der Waals surface area contributed by atoms with Crippen LogP contribution < -0.4 is 5.32 Å². The number of hydrogen-bond acceptors (Lipinski definition) is 8. The van der Waals surface area contributed by atoms with Crippen molar-refractivity contribution in [1.29, 1.82) is 0 Å². The number of carboxylic acid groups (broad SMARTS) is 1. The van der Waals surface area contributed by atoms with Crippen LogP contribution in [0.15, 0.2) is 11.6 Å². The van der Waals surface area contributed by atoms with Gasteiger partial charge in [0.05, 0.1) is 12.5 Å². The lowest BCUT2D eigenvalue weighted by Crippen LogP contribution is -2.62. The number of ether oxygens (including phenoxy) is 1. The van der Waals surface area contributed by atoms with Gasteiger partial charge in [0.15, 0.2) is 12.4 Å². The number of fused-ring (bicyclic) bond motifs is 5. The molecule has 3 saturated carbocycles. The summed E-state index contributed by atoms with van der Waals surface area (Å²) in [4.78, 5) is 59.5. The highest BCUT2D eigenvalue weighted by Gasteiger charge is 2.68. The Hall–Kier alpha value is -2.59. The number of ketones is 2. The maximum atomic E-state index is 13.2. The third kappa shape index (κ3) is 4.74. The van der Waals surface area contributed by atoms with Gasteiger partial charge in [0.2, 0.25) is 11.7 Å². The molecule has 10 heteroatoms. The minimum Gasteiger partial charge on any atom is -0.480 e. The number of rotatable bonds is 8. The third-order valence-corrected chi connectivity index (χ3v) is 9.87. The van der Waals surface area contributed by atoms with Gasteiger partial charge in [-0.25, -0.2) is 0 Å². The first-order valence-electron chi connectivity index (χ1n) is 13.1. The van der Waals surface area contributed by atoms with E-state index in [1.807, 2.05) is 6.92 Å². The summed E-state index contributed by atoms with van der Waals surface area (Å²) in [5.41, 5.74) is -1.78. The van der Waals surface area contributed by atoms with E-state index in [2.05, 4.69) is 12.2 Å². The van der Waals surface area contributed by atoms with Crippen molar-refractivity contribution in [3.8, 4) is 0 Å². The highest BCUT2D eigenvalue weighted by molar-refractivity contribution is 5.92. The molecule has 10 nitrogen and oxygen atoms in total. The first-order chi connectivity index (χ1) is 17.3. The fraction of sp³-hybridized carbons (Fsp3) is 0.741. The van der Waals surface area contributed by atoms with Crippen LogP contribution in [0.4, 0.5) is 0 Å². The van der Waals surface area contributed by atoms with Crippen molar-refractivity contribution in [3.05, 3.63) is 11.6 Å². The number of carboxylic acids is 1. The summed E-state index contributed by atoms with van der Waals surface area (Å²) in [6.07, 6.45) is 4.24. The first kappa shape index (κ1) is 27.4. The predicted octanol–water partition coefficient (Wildman–Crippen LogP) is 1.31. The van der Waals surface area contributed by atoms with E-state index in [1.54, 1.807) is 6.08 Å². The van der Waals surface area contributed by atoms with Gasteiger partial charge < -0.3 is 25.4 Å². The smallest absolute Gasteiger partial charge is 0.322 e. The summed E-state index contributed by atoms with van der Waals surface area (Å²) in [5.74, 6) is -3.01. The molecule has 0 spiro atoms. The minimum atomic E-state index is -1.75. The largest absolute Gasteiger partial charge is 0.480 e. The molecule has 0 aliphatic heterocycles. The molecule has 37 heavy (non-hydrogen) atoms. The number of aliphatic carboxylic acids is 1. The molecule has 204 valence electrons. The summed E-state index contributed by atoms with van der Waals surface area (Å²) in [6, 6.07) is 0. The molecular formula is C27H37NO9. The SMILES string of the molecule is C[C@]12CCC(=O)C=C1CC[C@H]1[C@H]2[C@@H](O)C[C@]2(C)[C@@H]1CC[C@@]2(O)C(=O)COC(=O)CCC(=O)NCC(=O)O. The molecule has 0 aromatic carbocycles. The Morgan fingerprint density at radius 3 is 2.54 bits per heavy atom. The normalized spacial score (nSPS) is 38.5. The number of aliphatic hydroxyl groups excluding tert-OH is 1. The summed E-state index contributed by atoms with van der Waals surface area (Å²) >= 11 is 0. The molecule has 0 unspecified atom stereocenters. The lowest BCUT2D eigenvalue weighted by molar-refractivity contribution is -0.184. The third-order valence-electron chi connectivity index (χ3n) is 9.87. The van der Waals surface area contributed by atoms with Gasteiger partial charge in [-0.1, -0.05) is 19.4 Å². The molecule has 0 saturated heterocycles. The number of carbonyl (C=O) groups is 5. The Morgan fingerprint density at radius 1 is 1.11 bits per heavy atom. The van der Waals surface area contributed by atoms with E-state index in [0.717, 1.165) is 18.4 Å². The number of Topliss-reactive ketones (excluding diaryl/α,β-unsaturated/α-hetero) is 1. The van der Waals surface area contributed by atoms with Crippen molar-refractivity contribution in [2.75, 3.05) is 13.2 Å². The van der Waals surface area contributed by atoms with Crippen LogP contribution in [-0.2, 0) is 28.7 Å². The van der Waals surface area contributed by atoms with Gasteiger partial charge in [0.25, 0.3) is 0 Å². The van der Waals surface area contributed by atoms with Gasteiger partial charge in [-0.3, -0.25) is 24.0 Å². The quantitative estimate of drug-likeness (QED) is 0.346. The lowest BCUT2D eigenvalue weighted by atomic mass is 9.45. The topological polar surface area (TPSA) is 167 Å². The van der Waals surface area contributed by atoms with E-state index in [1.165, 1.54) is 0 Å². The Morgan fingerprint density at radius 2 is 1.84 bits per heavy atom. The van der Waals surface area contributed by atoms with Crippen LogP contribution in [0.1, 0.15) is 71.6 Å². The van der Waals surface area contributed by atoms with Crippen LogP contribution >= 0.6 is 0 Å². The van der Waals surface area contributed by atoms with Gasteiger partial charge >= 0.3 is 11.9 Å². The second-order valence-corrected chi connectivity index (χ2v) is 11.7.